The van der Waals surface area contributed by atoms with Crippen LogP contribution in [0.1, 0.15) is 6.92 Å². The summed E-state index contributed by atoms with van der Waals surface area (Å²) in [5.41, 5.74) is 6.72. The van der Waals surface area contributed by atoms with Gasteiger partial charge in [-0.3, -0.25) is 9.59 Å². The molecule has 0 saturated carbocycles. The van der Waals surface area contributed by atoms with Gasteiger partial charge in [0.05, 0.1) is 36.4 Å². The van der Waals surface area contributed by atoms with E-state index in [0.717, 1.165) is 38.2 Å². The number of nitrogens with zero attached hydrogens (tertiary/aromatic N) is 2. The Morgan fingerprint density at radius 1 is 0.727 bits per heavy atom. The molecule has 0 fully saturated rings. The number of hydrazone groups is 2. The molecule has 0 aromatic heterocycles. The summed E-state index contributed by atoms with van der Waals surface area (Å²) < 4.78 is 5.10. The van der Waals surface area contributed by atoms with Gasteiger partial charge in [-0.15, -0.1) is 0 Å². The number of benzene rings is 2. The molecule has 176 valence electrons. The van der Waals surface area contributed by atoms with Crippen molar-refractivity contribution < 1.29 is 9.59 Å². The van der Waals surface area contributed by atoms with Gasteiger partial charge >= 0.3 is 0 Å². The molecule has 14 heteroatoms. The Morgan fingerprint density at radius 2 is 1.15 bits per heavy atom. The first-order valence-corrected chi connectivity index (χ1v) is 13.7. The van der Waals surface area contributed by atoms with Crippen LogP contribution in [0.3, 0.4) is 0 Å². The second-order valence-corrected chi connectivity index (χ2v) is 11.4. The first-order valence-electron chi connectivity index (χ1n) is 8.98. The first-order chi connectivity index (χ1) is 15.6. The molecular formula is C19H16Br6N6O2. The average molecular weight is 840 g/mol. The Kier molecular flexibility index (Phi) is 12.0. The van der Waals surface area contributed by atoms with Crippen LogP contribution in [0, 0.1) is 0 Å². The topological polar surface area (TPSA) is 107 Å². The summed E-state index contributed by atoms with van der Waals surface area (Å²) in [6.07, 6.45) is 1.33. The molecule has 0 aliphatic heterocycles. The van der Waals surface area contributed by atoms with Crippen molar-refractivity contribution in [3.05, 3.63) is 51.1 Å². The fraction of sp³-hybridized carbons (Fsp3) is 0.158. The van der Waals surface area contributed by atoms with Crippen LogP contribution in [0.25, 0.3) is 0 Å². The monoisotopic (exact) mass is 834 g/mol. The summed E-state index contributed by atoms with van der Waals surface area (Å²) >= 11 is 20.5. The van der Waals surface area contributed by atoms with E-state index in [4.69, 9.17) is 0 Å². The lowest BCUT2D eigenvalue weighted by atomic mass is 10.3. The van der Waals surface area contributed by atoms with E-state index in [1.165, 1.54) is 6.21 Å². The maximum Gasteiger partial charge on any atom is 0.259 e. The molecule has 2 aromatic rings. The maximum absolute atomic E-state index is 12.0. The summed E-state index contributed by atoms with van der Waals surface area (Å²) in [7, 11) is 0. The third-order valence-electron chi connectivity index (χ3n) is 3.70. The highest BCUT2D eigenvalue weighted by atomic mass is 79.9. The zero-order chi connectivity index (χ0) is 24.5. The molecule has 2 aromatic carbocycles. The molecule has 0 aliphatic carbocycles. The van der Waals surface area contributed by atoms with E-state index in [0.29, 0.717) is 5.71 Å². The number of amides is 2. The van der Waals surface area contributed by atoms with E-state index in [1.54, 1.807) is 6.92 Å². The van der Waals surface area contributed by atoms with Gasteiger partial charge in [-0.25, -0.2) is 10.9 Å². The first kappa shape index (κ1) is 28.4. The summed E-state index contributed by atoms with van der Waals surface area (Å²) in [6.45, 7) is 1.68. The largest absolute Gasteiger partial charge is 0.375 e. The lowest BCUT2D eigenvalue weighted by Gasteiger charge is -2.09. The Morgan fingerprint density at radius 3 is 1.64 bits per heavy atom. The fourth-order valence-corrected chi connectivity index (χ4v) is 5.08. The van der Waals surface area contributed by atoms with E-state index in [2.05, 4.69) is 127 Å². The number of halogens is 6. The lowest BCUT2D eigenvalue weighted by Crippen LogP contribution is -2.28. The van der Waals surface area contributed by atoms with Crippen LogP contribution < -0.4 is 21.5 Å². The average Bonchev–Trinajstić information content (AvgIpc) is 2.75. The van der Waals surface area contributed by atoms with Gasteiger partial charge in [0.2, 0.25) is 0 Å². The molecule has 8 nitrogen and oxygen atoms in total. The van der Waals surface area contributed by atoms with Gasteiger partial charge in [0, 0.05) is 26.8 Å². The van der Waals surface area contributed by atoms with E-state index in [9.17, 15) is 9.59 Å². The van der Waals surface area contributed by atoms with Crippen molar-refractivity contribution in [1.82, 2.24) is 10.9 Å². The number of hydrogen-bond acceptors (Lipinski definition) is 6. The molecule has 2 rings (SSSR count). The molecule has 0 heterocycles. The Bertz CT molecular complexity index is 1110. The van der Waals surface area contributed by atoms with Gasteiger partial charge < -0.3 is 10.6 Å². The van der Waals surface area contributed by atoms with E-state index < -0.39 is 0 Å². The minimum atomic E-state index is -0.343. The van der Waals surface area contributed by atoms with Crippen molar-refractivity contribution in [2.75, 3.05) is 23.7 Å². The molecule has 0 unspecified atom stereocenters. The predicted octanol–water partition coefficient (Wildman–Crippen LogP) is 6.38. The molecule has 0 saturated heterocycles. The summed E-state index contributed by atoms with van der Waals surface area (Å²) in [6, 6.07) is 7.41. The number of nitrogens with one attached hydrogen (secondary N) is 4. The van der Waals surface area contributed by atoms with Crippen LogP contribution in [0.5, 0.6) is 0 Å². The second-order valence-electron chi connectivity index (χ2n) is 6.28. The molecule has 0 spiro atoms. The quantitative estimate of drug-likeness (QED) is 0.134. The molecule has 4 N–H and O–H groups in total. The van der Waals surface area contributed by atoms with E-state index in [1.807, 2.05) is 24.3 Å². The number of rotatable bonds is 9. The smallest absolute Gasteiger partial charge is 0.259 e. The number of anilines is 2. The van der Waals surface area contributed by atoms with Gasteiger partial charge in [0.25, 0.3) is 11.8 Å². The lowest BCUT2D eigenvalue weighted by molar-refractivity contribution is -0.120. The number of carbonyl (C=O) groups is 2. The summed E-state index contributed by atoms with van der Waals surface area (Å²) in [5.74, 6) is -0.683. The normalized spacial score (nSPS) is 11.4. The summed E-state index contributed by atoms with van der Waals surface area (Å²) in [4.78, 5) is 24.0. The third kappa shape index (κ3) is 9.76. The van der Waals surface area contributed by atoms with Crippen LogP contribution in [-0.2, 0) is 9.59 Å². The number of hydrogen-bond donors (Lipinski definition) is 4. The maximum atomic E-state index is 12.0. The van der Waals surface area contributed by atoms with Crippen molar-refractivity contribution in [3.8, 4) is 0 Å². The molecule has 0 aliphatic rings. The fourth-order valence-electron chi connectivity index (χ4n) is 2.12. The minimum Gasteiger partial charge on any atom is -0.375 e. The van der Waals surface area contributed by atoms with Gasteiger partial charge in [0.1, 0.15) is 0 Å². The van der Waals surface area contributed by atoms with Gasteiger partial charge in [0.15, 0.2) is 0 Å². The highest BCUT2D eigenvalue weighted by Gasteiger charge is 2.08. The summed E-state index contributed by atoms with van der Waals surface area (Å²) in [5, 5.41) is 13.8. The van der Waals surface area contributed by atoms with Gasteiger partial charge in [-0.1, -0.05) is 0 Å². The zero-order valence-corrected chi connectivity index (χ0v) is 26.3. The van der Waals surface area contributed by atoms with Crippen molar-refractivity contribution >= 4 is 131 Å². The third-order valence-corrected chi connectivity index (χ3v) is 8.70. The van der Waals surface area contributed by atoms with Crippen molar-refractivity contribution in [1.29, 1.82) is 0 Å². The van der Waals surface area contributed by atoms with Crippen LogP contribution in [0.2, 0.25) is 0 Å². The molecule has 2 amide bonds. The molecule has 0 radical (unpaired) electrons. The Balaban J connectivity index is 1.75. The zero-order valence-electron chi connectivity index (χ0n) is 16.8. The SMILES string of the molecule is CC(/C=N/NC(=O)CNc1cc(Br)c(Br)cc1Br)=N\NC(=O)CNc1cc(Br)c(Br)cc1Br. The van der Waals surface area contributed by atoms with Gasteiger partial charge in [-0.05, 0) is 127 Å². The molecular weight excluding hydrogens is 824 g/mol. The highest BCUT2D eigenvalue weighted by molar-refractivity contribution is 9.13. The van der Waals surface area contributed by atoms with Crippen LogP contribution >= 0.6 is 95.6 Å². The minimum absolute atomic E-state index is 0.0182. The standard InChI is InChI=1S/C19H16Br6N6O2/c1-9(29-31-19(33)8-27-17-5-13(23)11(21)3-15(17)25)6-28-30-18(32)7-26-16-4-12(22)10(20)2-14(16)24/h2-6,26-27H,7-8H2,1H3,(H,30,32)(H,31,33)/b28-6+,29-9+. The Labute approximate surface area is 241 Å². The second kappa shape index (κ2) is 13.9. The Hall–Kier alpha value is -0.800. The van der Waals surface area contributed by atoms with Crippen molar-refractivity contribution in [2.45, 2.75) is 6.92 Å². The van der Waals surface area contributed by atoms with Crippen LogP contribution in [0.15, 0.2) is 61.3 Å². The van der Waals surface area contributed by atoms with E-state index >= 15 is 0 Å². The van der Waals surface area contributed by atoms with Gasteiger partial charge in [-0.2, -0.15) is 10.2 Å². The van der Waals surface area contributed by atoms with Crippen LogP contribution in [-0.4, -0.2) is 36.8 Å². The molecule has 0 bridgehead atoms. The molecule has 33 heavy (non-hydrogen) atoms. The highest BCUT2D eigenvalue weighted by Crippen LogP contribution is 2.33. The van der Waals surface area contributed by atoms with Crippen molar-refractivity contribution in [2.24, 2.45) is 10.2 Å². The molecule has 0 atom stereocenters. The number of carbonyl (C=O) groups excluding carboxylic acids is 2. The van der Waals surface area contributed by atoms with Crippen LogP contribution in [0.4, 0.5) is 11.4 Å². The van der Waals surface area contributed by atoms with Crippen molar-refractivity contribution in [3.63, 3.8) is 0 Å². The van der Waals surface area contributed by atoms with E-state index in [-0.39, 0.29) is 24.9 Å². The predicted molar refractivity (Wildman–Crippen MR) is 154 cm³/mol.